The van der Waals surface area contributed by atoms with Crippen molar-refractivity contribution in [1.29, 1.82) is 0 Å². The van der Waals surface area contributed by atoms with Crippen LogP contribution in [0.15, 0.2) is 0 Å². The van der Waals surface area contributed by atoms with Crippen LogP contribution in [0.5, 0.6) is 0 Å². The van der Waals surface area contributed by atoms with Gasteiger partial charge in [-0.1, -0.05) is 33.1 Å². The molecule has 2 rings (SSSR count). The maximum atomic E-state index is 5.66. The van der Waals surface area contributed by atoms with E-state index >= 15 is 0 Å². The molecule has 2 fully saturated rings. The van der Waals surface area contributed by atoms with Crippen molar-refractivity contribution in [2.45, 2.75) is 64.5 Å². The third-order valence-corrected chi connectivity index (χ3v) is 5.42. The number of nitrogens with zero attached hydrogens (tertiary/aromatic N) is 1. The Morgan fingerprint density at radius 2 is 1.95 bits per heavy atom. The van der Waals surface area contributed by atoms with E-state index in [0.717, 1.165) is 19.0 Å². The van der Waals surface area contributed by atoms with E-state index in [4.69, 9.17) is 4.74 Å². The van der Waals surface area contributed by atoms with E-state index in [9.17, 15) is 0 Å². The fourth-order valence-corrected chi connectivity index (χ4v) is 4.03. The molecule has 118 valence electrons. The Morgan fingerprint density at radius 3 is 2.60 bits per heavy atom. The molecule has 1 aliphatic carbocycles. The number of piperidine rings is 1. The van der Waals surface area contributed by atoms with E-state index in [-0.39, 0.29) is 0 Å². The second-order valence-electron chi connectivity index (χ2n) is 6.86. The largest absolute Gasteiger partial charge is 0.380 e. The molecule has 20 heavy (non-hydrogen) atoms. The van der Waals surface area contributed by atoms with E-state index < -0.39 is 0 Å². The number of hydrogen-bond acceptors (Lipinski definition) is 3. The van der Waals surface area contributed by atoms with Crippen molar-refractivity contribution in [2.24, 2.45) is 11.8 Å². The number of hydrogen-bond donors (Lipinski definition) is 1. The molecule has 3 nitrogen and oxygen atoms in total. The quantitative estimate of drug-likeness (QED) is 0.811. The lowest BCUT2D eigenvalue weighted by Gasteiger charge is -2.40. The molecule has 3 unspecified atom stereocenters. The Hall–Kier alpha value is -0.120. The fraction of sp³-hybridized carbons (Fsp3) is 1.00. The predicted molar refractivity (Wildman–Crippen MR) is 85.1 cm³/mol. The van der Waals surface area contributed by atoms with Crippen LogP contribution in [-0.4, -0.2) is 50.3 Å². The fourth-order valence-electron chi connectivity index (χ4n) is 4.03. The zero-order chi connectivity index (χ0) is 14.4. The smallest absolute Gasteiger partial charge is 0.0724 e. The number of rotatable bonds is 6. The summed E-state index contributed by atoms with van der Waals surface area (Å²) < 4.78 is 5.66. The first-order chi connectivity index (χ1) is 9.74. The Bertz CT molecular complexity index is 266. The normalized spacial score (nSPS) is 31.4. The van der Waals surface area contributed by atoms with Crippen molar-refractivity contribution >= 4 is 0 Å². The second-order valence-corrected chi connectivity index (χ2v) is 6.86. The summed E-state index contributed by atoms with van der Waals surface area (Å²) in [4.78, 5) is 2.64. The molecule has 0 aromatic rings. The van der Waals surface area contributed by atoms with Gasteiger partial charge in [0.1, 0.15) is 0 Å². The van der Waals surface area contributed by atoms with Gasteiger partial charge in [0.15, 0.2) is 0 Å². The van der Waals surface area contributed by atoms with Crippen LogP contribution in [0.3, 0.4) is 0 Å². The summed E-state index contributed by atoms with van der Waals surface area (Å²) in [6.45, 7) is 9.24. The van der Waals surface area contributed by atoms with Gasteiger partial charge in [-0.25, -0.2) is 0 Å². The average molecular weight is 282 g/mol. The maximum absolute atomic E-state index is 5.66. The molecule has 3 heteroatoms. The summed E-state index contributed by atoms with van der Waals surface area (Å²) in [5.41, 5.74) is 0. The molecule has 0 aromatic heterocycles. The molecular weight excluding hydrogens is 248 g/mol. The third kappa shape index (κ3) is 4.44. The third-order valence-electron chi connectivity index (χ3n) is 5.42. The minimum Gasteiger partial charge on any atom is -0.380 e. The molecule has 0 aromatic carbocycles. The highest BCUT2D eigenvalue weighted by Gasteiger charge is 2.30. The van der Waals surface area contributed by atoms with Crippen molar-refractivity contribution in [2.75, 3.05) is 33.3 Å². The Balaban J connectivity index is 1.86. The van der Waals surface area contributed by atoms with E-state index in [1.165, 1.54) is 51.6 Å². The van der Waals surface area contributed by atoms with Crippen molar-refractivity contribution < 1.29 is 4.74 Å². The molecule has 0 amide bonds. The maximum Gasteiger partial charge on any atom is 0.0724 e. The first-order valence-corrected chi connectivity index (χ1v) is 8.73. The number of methoxy groups -OCH3 is 1. The van der Waals surface area contributed by atoms with E-state index in [0.29, 0.717) is 18.1 Å². The molecular formula is C17H34N2O. The first kappa shape index (κ1) is 16.3. The number of ether oxygens (including phenoxy) is 1. The Labute approximate surface area is 125 Å². The van der Waals surface area contributed by atoms with Crippen LogP contribution in [0.4, 0.5) is 0 Å². The summed E-state index contributed by atoms with van der Waals surface area (Å²) in [6, 6.07) is 0.686. The van der Waals surface area contributed by atoms with Crippen molar-refractivity contribution in [1.82, 2.24) is 10.2 Å². The molecule has 0 spiro atoms. The van der Waals surface area contributed by atoms with Gasteiger partial charge in [0.25, 0.3) is 0 Å². The lowest BCUT2D eigenvalue weighted by molar-refractivity contribution is -0.00999. The highest BCUT2D eigenvalue weighted by atomic mass is 16.5. The summed E-state index contributed by atoms with van der Waals surface area (Å²) >= 11 is 0. The van der Waals surface area contributed by atoms with E-state index in [1.54, 1.807) is 0 Å². The Morgan fingerprint density at radius 1 is 1.20 bits per heavy atom. The van der Waals surface area contributed by atoms with Crippen LogP contribution in [0, 0.1) is 11.8 Å². The molecule has 2 aliphatic rings. The van der Waals surface area contributed by atoms with Gasteiger partial charge >= 0.3 is 0 Å². The van der Waals surface area contributed by atoms with Crippen molar-refractivity contribution in [3.8, 4) is 0 Å². The van der Waals surface area contributed by atoms with Crippen molar-refractivity contribution in [3.05, 3.63) is 0 Å². The van der Waals surface area contributed by atoms with Gasteiger partial charge < -0.3 is 10.1 Å². The number of nitrogens with one attached hydrogen (secondary N) is 1. The summed E-state index contributed by atoms with van der Waals surface area (Å²) in [5.74, 6) is 1.60. The molecule has 1 saturated heterocycles. The highest BCUT2D eigenvalue weighted by molar-refractivity contribution is 4.85. The van der Waals surface area contributed by atoms with Gasteiger partial charge in [0.05, 0.1) is 6.10 Å². The summed E-state index contributed by atoms with van der Waals surface area (Å²) in [7, 11) is 1.87. The van der Waals surface area contributed by atoms with Gasteiger partial charge in [-0.15, -0.1) is 0 Å². The van der Waals surface area contributed by atoms with E-state index in [1.807, 2.05) is 7.11 Å². The van der Waals surface area contributed by atoms with Crippen LogP contribution < -0.4 is 5.32 Å². The van der Waals surface area contributed by atoms with Gasteiger partial charge in [0.2, 0.25) is 0 Å². The topological polar surface area (TPSA) is 24.5 Å². The molecule has 1 aliphatic heterocycles. The van der Waals surface area contributed by atoms with Gasteiger partial charge in [-0.3, -0.25) is 4.90 Å². The van der Waals surface area contributed by atoms with E-state index in [2.05, 4.69) is 24.1 Å². The van der Waals surface area contributed by atoms with Gasteiger partial charge in [0, 0.05) is 26.2 Å². The lowest BCUT2D eigenvalue weighted by atomic mass is 9.83. The standard InChI is InChI=1S/C17H34N2O/c1-4-18-16(15-8-6-5-7-9-15)12-19-11-10-14(2)17(13-19)20-3/h14-18H,4-13H2,1-3H3. The molecule has 1 heterocycles. The summed E-state index contributed by atoms with van der Waals surface area (Å²) in [6.07, 6.45) is 8.88. The SMILES string of the molecule is CCNC(CN1CCC(C)C(OC)C1)C1CCCCC1. The monoisotopic (exact) mass is 282 g/mol. The Kier molecular flexibility index (Phi) is 6.79. The van der Waals surface area contributed by atoms with Crippen LogP contribution in [0.1, 0.15) is 52.4 Å². The van der Waals surface area contributed by atoms with Gasteiger partial charge in [-0.2, -0.15) is 0 Å². The van der Waals surface area contributed by atoms with Crippen LogP contribution in [0.2, 0.25) is 0 Å². The van der Waals surface area contributed by atoms with Crippen LogP contribution in [-0.2, 0) is 4.74 Å². The zero-order valence-electron chi connectivity index (χ0n) is 13.7. The molecule has 0 radical (unpaired) electrons. The molecule has 0 bridgehead atoms. The van der Waals surface area contributed by atoms with Crippen LogP contribution in [0.25, 0.3) is 0 Å². The first-order valence-electron chi connectivity index (χ1n) is 8.73. The minimum absolute atomic E-state index is 0.428. The molecule has 3 atom stereocenters. The van der Waals surface area contributed by atoms with Gasteiger partial charge in [-0.05, 0) is 44.2 Å². The van der Waals surface area contributed by atoms with Crippen LogP contribution >= 0.6 is 0 Å². The zero-order valence-corrected chi connectivity index (χ0v) is 13.7. The minimum atomic E-state index is 0.428. The molecule has 1 saturated carbocycles. The molecule has 1 N–H and O–H groups in total. The second kappa shape index (κ2) is 8.35. The average Bonchev–Trinajstić information content (AvgIpc) is 2.49. The predicted octanol–water partition coefficient (Wildman–Crippen LogP) is 2.90. The number of likely N-dealkylation sites (tertiary alicyclic amines) is 1. The summed E-state index contributed by atoms with van der Waals surface area (Å²) in [5, 5.41) is 3.76. The van der Waals surface area contributed by atoms with Crippen molar-refractivity contribution in [3.63, 3.8) is 0 Å². The lowest BCUT2D eigenvalue weighted by Crippen LogP contribution is -2.51. The number of likely N-dealkylation sites (N-methyl/N-ethyl adjacent to an activating group) is 1. The highest BCUT2D eigenvalue weighted by Crippen LogP contribution is 2.28.